The maximum Gasteiger partial charge on any atom is 0.211 e. The summed E-state index contributed by atoms with van der Waals surface area (Å²) >= 11 is 0. The Bertz CT molecular complexity index is 1080. The molecule has 1 amide bonds. The number of anilines is 1. The smallest absolute Gasteiger partial charge is 0.211 e. The third kappa shape index (κ3) is 2.70. The number of para-hydroxylation sites is 1. The van der Waals surface area contributed by atoms with Crippen LogP contribution < -0.4 is 5.32 Å². The Balaban J connectivity index is 1.78. The average Bonchev–Trinajstić information content (AvgIpc) is 3.29. The lowest BCUT2D eigenvalue weighted by atomic mass is 10.2. The summed E-state index contributed by atoms with van der Waals surface area (Å²) in [5.74, 6) is 0.708. The lowest BCUT2D eigenvalue weighted by Gasteiger charge is -2.04. The SMILES string of the molecule is O=CNc1cccc2[nH]c(-c3cccc(-n4ccc(C=O)c4)c3)nc12. The van der Waals surface area contributed by atoms with E-state index in [-0.39, 0.29) is 0 Å². The fourth-order valence-electron chi connectivity index (χ4n) is 2.81. The summed E-state index contributed by atoms with van der Waals surface area (Å²) in [6.07, 6.45) is 5.08. The molecule has 0 aliphatic carbocycles. The summed E-state index contributed by atoms with van der Waals surface area (Å²) in [5, 5.41) is 2.66. The van der Waals surface area contributed by atoms with E-state index in [0.717, 1.165) is 23.1 Å². The molecule has 0 bridgehead atoms. The van der Waals surface area contributed by atoms with Gasteiger partial charge in [-0.3, -0.25) is 9.59 Å². The van der Waals surface area contributed by atoms with Crippen molar-refractivity contribution in [3.05, 3.63) is 66.5 Å². The van der Waals surface area contributed by atoms with E-state index in [0.29, 0.717) is 29.0 Å². The molecule has 4 rings (SSSR count). The van der Waals surface area contributed by atoms with Gasteiger partial charge in [-0.25, -0.2) is 4.98 Å². The molecule has 0 unspecified atom stereocenters. The molecular weight excluding hydrogens is 316 g/mol. The zero-order chi connectivity index (χ0) is 17.2. The summed E-state index contributed by atoms with van der Waals surface area (Å²) < 4.78 is 1.88. The van der Waals surface area contributed by atoms with Gasteiger partial charge in [-0.2, -0.15) is 0 Å². The molecule has 2 heterocycles. The van der Waals surface area contributed by atoms with Crippen molar-refractivity contribution < 1.29 is 9.59 Å². The molecule has 0 aliphatic rings. The molecule has 6 nitrogen and oxygen atoms in total. The number of carbonyl (C=O) groups excluding carboxylic acids is 2. The molecule has 0 saturated heterocycles. The van der Waals surface area contributed by atoms with Gasteiger partial charge in [0.25, 0.3) is 0 Å². The van der Waals surface area contributed by atoms with Crippen molar-refractivity contribution in [1.29, 1.82) is 0 Å². The lowest BCUT2D eigenvalue weighted by molar-refractivity contribution is -0.105. The number of hydrogen-bond acceptors (Lipinski definition) is 3. The third-order valence-electron chi connectivity index (χ3n) is 4.00. The Labute approximate surface area is 143 Å². The number of imidazole rings is 1. The van der Waals surface area contributed by atoms with E-state index in [1.165, 1.54) is 0 Å². The Kier molecular flexibility index (Phi) is 3.63. The second-order valence-electron chi connectivity index (χ2n) is 5.57. The Morgan fingerprint density at radius 3 is 2.76 bits per heavy atom. The van der Waals surface area contributed by atoms with Gasteiger partial charge < -0.3 is 14.9 Å². The van der Waals surface area contributed by atoms with Crippen molar-refractivity contribution in [1.82, 2.24) is 14.5 Å². The molecule has 0 radical (unpaired) electrons. The highest BCUT2D eigenvalue weighted by atomic mass is 16.1. The van der Waals surface area contributed by atoms with Gasteiger partial charge >= 0.3 is 0 Å². The van der Waals surface area contributed by atoms with Crippen molar-refractivity contribution in [2.45, 2.75) is 0 Å². The zero-order valence-corrected chi connectivity index (χ0v) is 13.1. The van der Waals surface area contributed by atoms with Gasteiger partial charge in [0.05, 0.1) is 11.2 Å². The number of fused-ring (bicyclic) bond motifs is 1. The van der Waals surface area contributed by atoms with Crippen molar-refractivity contribution in [2.24, 2.45) is 0 Å². The minimum absolute atomic E-state index is 0.624. The van der Waals surface area contributed by atoms with Crippen LogP contribution in [0.5, 0.6) is 0 Å². The number of H-pyrrole nitrogens is 1. The minimum Gasteiger partial charge on any atom is -0.338 e. The van der Waals surface area contributed by atoms with Gasteiger partial charge in [0.15, 0.2) is 6.29 Å². The number of nitrogens with zero attached hydrogens (tertiary/aromatic N) is 2. The zero-order valence-electron chi connectivity index (χ0n) is 13.1. The predicted molar refractivity (Wildman–Crippen MR) is 95.9 cm³/mol. The predicted octanol–water partition coefficient (Wildman–Crippen LogP) is 3.40. The van der Waals surface area contributed by atoms with Gasteiger partial charge in [0, 0.05) is 29.2 Å². The van der Waals surface area contributed by atoms with E-state index < -0.39 is 0 Å². The Hall–Kier alpha value is -3.67. The molecular formula is C19H14N4O2. The summed E-state index contributed by atoms with van der Waals surface area (Å²) in [7, 11) is 0. The molecule has 6 heteroatoms. The van der Waals surface area contributed by atoms with Crippen molar-refractivity contribution in [3.63, 3.8) is 0 Å². The molecule has 0 saturated carbocycles. The molecule has 0 atom stereocenters. The molecule has 4 aromatic rings. The van der Waals surface area contributed by atoms with E-state index in [1.54, 1.807) is 18.3 Å². The fourth-order valence-corrected chi connectivity index (χ4v) is 2.81. The summed E-state index contributed by atoms with van der Waals surface area (Å²) in [6.45, 7) is 0. The van der Waals surface area contributed by atoms with Gasteiger partial charge in [-0.15, -0.1) is 0 Å². The highest BCUT2D eigenvalue weighted by Gasteiger charge is 2.09. The number of aromatic amines is 1. The van der Waals surface area contributed by atoms with E-state index >= 15 is 0 Å². The van der Waals surface area contributed by atoms with Crippen LogP contribution in [0.15, 0.2) is 60.9 Å². The van der Waals surface area contributed by atoms with Crippen LogP contribution in [-0.2, 0) is 4.79 Å². The molecule has 25 heavy (non-hydrogen) atoms. The number of hydrogen-bond donors (Lipinski definition) is 2. The number of carbonyl (C=O) groups is 2. The standard InChI is InChI=1S/C19H14N4O2/c24-11-13-7-8-23(10-13)15-4-1-3-14(9-15)19-21-17-6-2-5-16(20-12-25)18(17)22-19/h1-12H,(H,20,25)(H,21,22). The molecule has 0 fully saturated rings. The van der Waals surface area contributed by atoms with Crippen LogP contribution in [0.25, 0.3) is 28.1 Å². The molecule has 2 N–H and O–H groups in total. The lowest BCUT2D eigenvalue weighted by Crippen LogP contribution is -1.94. The van der Waals surface area contributed by atoms with Crippen molar-refractivity contribution in [3.8, 4) is 17.1 Å². The molecule has 122 valence electrons. The maximum absolute atomic E-state index is 10.9. The third-order valence-corrected chi connectivity index (χ3v) is 4.00. The largest absolute Gasteiger partial charge is 0.338 e. The highest BCUT2D eigenvalue weighted by Crippen LogP contribution is 2.26. The summed E-state index contributed by atoms with van der Waals surface area (Å²) in [4.78, 5) is 29.5. The van der Waals surface area contributed by atoms with Gasteiger partial charge in [0.2, 0.25) is 6.41 Å². The van der Waals surface area contributed by atoms with Crippen LogP contribution in [0.1, 0.15) is 10.4 Å². The highest BCUT2D eigenvalue weighted by molar-refractivity contribution is 5.94. The Morgan fingerprint density at radius 1 is 1.08 bits per heavy atom. The fraction of sp³-hybridized carbons (Fsp3) is 0. The first-order valence-corrected chi connectivity index (χ1v) is 7.71. The molecule has 2 aromatic carbocycles. The van der Waals surface area contributed by atoms with Crippen LogP contribution in [0, 0.1) is 0 Å². The normalized spacial score (nSPS) is 10.7. The van der Waals surface area contributed by atoms with E-state index in [4.69, 9.17) is 0 Å². The quantitative estimate of drug-likeness (QED) is 0.550. The van der Waals surface area contributed by atoms with Crippen LogP contribution in [0.2, 0.25) is 0 Å². The number of aromatic nitrogens is 3. The van der Waals surface area contributed by atoms with Gasteiger partial charge in [0.1, 0.15) is 11.3 Å². The topological polar surface area (TPSA) is 79.8 Å². The van der Waals surface area contributed by atoms with Gasteiger partial charge in [-0.05, 0) is 30.3 Å². The first kappa shape index (κ1) is 14.9. The first-order chi connectivity index (χ1) is 12.3. The van der Waals surface area contributed by atoms with Crippen LogP contribution in [0.4, 0.5) is 5.69 Å². The summed E-state index contributed by atoms with van der Waals surface area (Å²) in [6, 6.07) is 15.2. The summed E-state index contributed by atoms with van der Waals surface area (Å²) in [5.41, 5.74) is 4.67. The van der Waals surface area contributed by atoms with E-state index in [1.807, 2.05) is 47.2 Å². The average molecular weight is 330 g/mol. The maximum atomic E-state index is 10.9. The number of nitrogens with one attached hydrogen (secondary N) is 2. The van der Waals surface area contributed by atoms with Gasteiger partial charge in [-0.1, -0.05) is 18.2 Å². The Morgan fingerprint density at radius 2 is 1.96 bits per heavy atom. The number of aldehydes is 1. The number of benzene rings is 2. The molecule has 0 spiro atoms. The second-order valence-corrected chi connectivity index (χ2v) is 5.57. The van der Waals surface area contributed by atoms with Crippen LogP contribution in [-0.4, -0.2) is 27.2 Å². The van der Waals surface area contributed by atoms with E-state index in [2.05, 4.69) is 15.3 Å². The minimum atomic E-state index is 0.624. The first-order valence-electron chi connectivity index (χ1n) is 7.71. The van der Waals surface area contributed by atoms with Crippen LogP contribution >= 0.6 is 0 Å². The number of rotatable bonds is 5. The molecule has 2 aromatic heterocycles. The molecule has 0 aliphatic heterocycles. The monoisotopic (exact) mass is 330 g/mol. The van der Waals surface area contributed by atoms with E-state index in [9.17, 15) is 9.59 Å². The van der Waals surface area contributed by atoms with Crippen molar-refractivity contribution in [2.75, 3.05) is 5.32 Å². The van der Waals surface area contributed by atoms with Crippen molar-refractivity contribution >= 4 is 29.4 Å². The number of amides is 1. The second kappa shape index (κ2) is 6.09. The van der Waals surface area contributed by atoms with Crippen LogP contribution in [0.3, 0.4) is 0 Å².